The molecule has 0 aliphatic carbocycles. The van der Waals surface area contributed by atoms with Crippen LogP contribution in [-0.4, -0.2) is 36.2 Å². The van der Waals surface area contributed by atoms with Crippen LogP contribution in [0.3, 0.4) is 0 Å². The molecule has 0 radical (unpaired) electrons. The van der Waals surface area contributed by atoms with Crippen LogP contribution in [0.4, 0.5) is 0 Å². The Kier molecular flexibility index (Phi) is 5.45. The Morgan fingerprint density at radius 1 is 1.08 bits per heavy atom. The van der Waals surface area contributed by atoms with E-state index in [0.29, 0.717) is 5.82 Å². The summed E-state index contributed by atoms with van der Waals surface area (Å²) in [6.07, 6.45) is 1.94. The Labute approximate surface area is 157 Å². The fraction of sp³-hybridized carbons (Fsp3) is 0.222. The van der Waals surface area contributed by atoms with Crippen molar-refractivity contribution in [1.82, 2.24) is 14.4 Å². The molecule has 6 nitrogen and oxygen atoms in total. The second-order valence-corrected chi connectivity index (χ2v) is 8.74. The van der Waals surface area contributed by atoms with Crippen molar-refractivity contribution in [3.8, 4) is 11.4 Å². The van der Waals surface area contributed by atoms with Gasteiger partial charge in [0.05, 0.1) is 11.4 Å². The zero-order chi connectivity index (χ0) is 18.7. The topological polar surface area (TPSA) is 76.3 Å². The molecule has 2 aromatic carbocycles. The summed E-state index contributed by atoms with van der Waals surface area (Å²) in [5.41, 5.74) is 1.96. The van der Waals surface area contributed by atoms with Gasteiger partial charge in [0.1, 0.15) is 0 Å². The SMILES string of the molecule is CSc1ccc(S(=O)(=O)N(C)Cc2nc(-c3ccc(C)cc3)no2)cc1. The molecule has 8 heteroatoms. The number of nitrogens with zero attached hydrogens (tertiary/aromatic N) is 3. The average molecular weight is 390 g/mol. The maximum Gasteiger partial charge on any atom is 0.243 e. The summed E-state index contributed by atoms with van der Waals surface area (Å²) in [5.74, 6) is 0.683. The van der Waals surface area contributed by atoms with Gasteiger partial charge in [-0.2, -0.15) is 9.29 Å². The molecule has 1 heterocycles. The molecule has 0 aliphatic rings. The first-order chi connectivity index (χ1) is 12.4. The number of rotatable bonds is 6. The molecule has 0 amide bonds. The summed E-state index contributed by atoms with van der Waals surface area (Å²) in [6.45, 7) is 2.00. The third-order valence-corrected chi connectivity index (χ3v) is 6.46. The van der Waals surface area contributed by atoms with E-state index in [1.807, 2.05) is 37.4 Å². The van der Waals surface area contributed by atoms with Crippen molar-refractivity contribution in [2.24, 2.45) is 0 Å². The molecule has 3 rings (SSSR count). The minimum absolute atomic E-state index is 0.00543. The van der Waals surface area contributed by atoms with Crippen LogP contribution in [0.5, 0.6) is 0 Å². The molecule has 26 heavy (non-hydrogen) atoms. The number of benzene rings is 2. The monoisotopic (exact) mass is 389 g/mol. The van der Waals surface area contributed by atoms with Crippen molar-refractivity contribution in [3.63, 3.8) is 0 Å². The third-order valence-electron chi connectivity index (χ3n) is 3.90. The highest BCUT2D eigenvalue weighted by atomic mass is 32.2. The number of hydrogen-bond donors (Lipinski definition) is 0. The van der Waals surface area contributed by atoms with E-state index in [2.05, 4.69) is 10.1 Å². The minimum Gasteiger partial charge on any atom is -0.338 e. The van der Waals surface area contributed by atoms with Crippen molar-refractivity contribution in [2.75, 3.05) is 13.3 Å². The summed E-state index contributed by atoms with van der Waals surface area (Å²) in [4.78, 5) is 5.54. The van der Waals surface area contributed by atoms with Crippen LogP contribution in [0.25, 0.3) is 11.4 Å². The maximum absolute atomic E-state index is 12.7. The van der Waals surface area contributed by atoms with E-state index in [9.17, 15) is 8.42 Å². The molecule has 0 aliphatic heterocycles. The smallest absolute Gasteiger partial charge is 0.243 e. The van der Waals surface area contributed by atoms with Gasteiger partial charge in [-0.25, -0.2) is 8.42 Å². The molecule has 0 unspecified atom stereocenters. The Bertz CT molecular complexity index is 981. The van der Waals surface area contributed by atoms with Gasteiger partial charge in [-0.3, -0.25) is 0 Å². The highest BCUT2D eigenvalue weighted by molar-refractivity contribution is 7.98. The average Bonchev–Trinajstić information content (AvgIpc) is 3.10. The number of aryl methyl sites for hydroxylation is 1. The van der Waals surface area contributed by atoms with Gasteiger partial charge >= 0.3 is 0 Å². The summed E-state index contributed by atoms with van der Waals surface area (Å²) >= 11 is 1.56. The molecule has 136 valence electrons. The highest BCUT2D eigenvalue weighted by Gasteiger charge is 2.23. The molecule has 0 atom stereocenters. The molecule has 0 spiro atoms. The van der Waals surface area contributed by atoms with Crippen molar-refractivity contribution in [2.45, 2.75) is 23.3 Å². The van der Waals surface area contributed by atoms with Gasteiger partial charge in [0, 0.05) is 17.5 Å². The second-order valence-electron chi connectivity index (χ2n) is 5.81. The number of aromatic nitrogens is 2. The van der Waals surface area contributed by atoms with E-state index in [-0.39, 0.29) is 17.3 Å². The summed E-state index contributed by atoms with van der Waals surface area (Å²) in [6, 6.07) is 14.5. The normalized spacial score (nSPS) is 11.8. The molecule has 1 aromatic heterocycles. The van der Waals surface area contributed by atoms with Gasteiger partial charge in [-0.05, 0) is 37.4 Å². The number of thioether (sulfide) groups is 1. The van der Waals surface area contributed by atoms with Crippen molar-refractivity contribution >= 4 is 21.8 Å². The van der Waals surface area contributed by atoms with Crippen LogP contribution in [0.15, 0.2) is 62.8 Å². The summed E-state index contributed by atoms with van der Waals surface area (Å²) in [7, 11) is -2.13. The van der Waals surface area contributed by atoms with Gasteiger partial charge in [0.25, 0.3) is 0 Å². The number of hydrogen-bond acceptors (Lipinski definition) is 6. The first-order valence-corrected chi connectivity index (χ1v) is 10.6. The minimum atomic E-state index is -3.63. The van der Waals surface area contributed by atoms with Gasteiger partial charge in [-0.15, -0.1) is 11.8 Å². The predicted octanol–water partition coefficient (Wildman–Crippen LogP) is 3.59. The lowest BCUT2D eigenvalue weighted by Gasteiger charge is -2.15. The van der Waals surface area contributed by atoms with E-state index in [4.69, 9.17) is 4.52 Å². The molecule has 0 N–H and O–H groups in total. The quantitative estimate of drug-likeness (QED) is 0.600. The molecule has 3 aromatic rings. The lowest BCUT2D eigenvalue weighted by molar-refractivity contribution is 0.337. The van der Waals surface area contributed by atoms with Crippen molar-refractivity contribution in [3.05, 3.63) is 60.0 Å². The lowest BCUT2D eigenvalue weighted by Crippen LogP contribution is -2.26. The Morgan fingerprint density at radius 2 is 1.73 bits per heavy atom. The van der Waals surface area contributed by atoms with Gasteiger partial charge in [0.15, 0.2) is 0 Å². The van der Waals surface area contributed by atoms with Gasteiger partial charge in [0.2, 0.25) is 21.7 Å². The van der Waals surface area contributed by atoms with Crippen molar-refractivity contribution < 1.29 is 12.9 Å². The maximum atomic E-state index is 12.7. The third kappa shape index (κ3) is 3.98. The van der Waals surface area contributed by atoms with Crippen LogP contribution in [-0.2, 0) is 16.6 Å². The van der Waals surface area contributed by atoms with Gasteiger partial charge < -0.3 is 4.52 Å². The van der Waals surface area contributed by atoms with E-state index < -0.39 is 10.0 Å². The first kappa shape index (κ1) is 18.6. The zero-order valence-corrected chi connectivity index (χ0v) is 16.3. The van der Waals surface area contributed by atoms with Crippen LogP contribution >= 0.6 is 11.8 Å². The Morgan fingerprint density at radius 3 is 2.35 bits per heavy atom. The van der Waals surface area contributed by atoms with E-state index in [1.54, 1.807) is 36.0 Å². The Balaban J connectivity index is 1.76. The molecule has 0 bridgehead atoms. The fourth-order valence-electron chi connectivity index (χ4n) is 2.34. The molecular formula is C18H19N3O3S2. The number of sulfonamides is 1. The van der Waals surface area contributed by atoms with Gasteiger partial charge in [-0.1, -0.05) is 35.0 Å². The van der Waals surface area contributed by atoms with Crippen molar-refractivity contribution in [1.29, 1.82) is 0 Å². The van der Waals surface area contributed by atoms with E-state index in [1.165, 1.54) is 11.4 Å². The predicted molar refractivity (Wildman–Crippen MR) is 101 cm³/mol. The Hall–Kier alpha value is -2.16. The fourth-order valence-corrected chi connectivity index (χ4v) is 3.87. The lowest BCUT2D eigenvalue weighted by atomic mass is 10.1. The molecular weight excluding hydrogens is 370 g/mol. The highest BCUT2D eigenvalue weighted by Crippen LogP contribution is 2.22. The summed E-state index contributed by atoms with van der Waals surface area (Å²) in [5, 5.41) is 3.94. The van der Waals surface area contributed by atoms with Crippen LogP contribution in [0.2, 0.25) is 0 Å². The molecule has 0 saturated heterocycles. The van der Waals surface area contributed by atoms with E-state index >= 15 is 0 Å². The van der Waals surface area contributed by atoms with Crippen LogP contribution in [0.1, 0.15) is 11.5 Å². The first-order valence-electron chi connectivity index (χ1n) is 7.90. The van der Waals surface area contributed by atoms with E-state index in [0.717, 1.165) is 16.0 Å². The largest absolute Gasteiger partial charge is 0.338 e. The molecule has 0 saturated carbocycles. The van der Waals surface area contributed by atoms with Crippen LogP contribution < -0.4 is 0 Å². The van der Waals surface area contributed by atoms with Crippen LogP contribution in [0, 0.1) is 6.92 Å². The second kappa shape index (κ2) is 7.61. The summed E-state index contributed by atoms with van der Waals surface area (Å²) < 4.78 is 31.8. The standard InChI is InChI=1S/C18H19N3O3S2/c1-13-4-6-14(7-5-13)18-19-17(24-20-18)12-21(2)26(22,23)16-10-8-15(25-3)9-11-16/h4-11H,12H2,1-3H3. The zero-order valence-electron chi connectivity index (χ0n) is 14.7. The molecule has 0 fully saturated rings.